The van der Waals surface area contributed by atoms with E-state index in [1.165, 1.54) is 17.9 Å². The zero-order chi connectivity index (χ0) is 9.26. The second-order valence-electron chi connectivity index (χ2n) is 3.86. The third-order valence-corrected chi connectivity index (χ3v) is 3.07. The number of hydrogen-bond donors (Lipinski definition) is 2. The van der Waals surface area contributed by atoms with Crippen molar-refractivity contribution in [3.63, 3.8) is 0 Å². The molecule has 2 rings (SSSR count). The molecule has 0 amide bonds. The zero-order valence-corrected chi connectivity index (χ0v) is 8.56. The van der Waals surface area contributed by atoms with Crippen LogP contribution in [0, 0.1) is 0 Å². The minimum Gasteiger partial charge on any atom is -0.385 e. The molecule has 74 valence electrons. The third-order valence-electron chi connectivity index (χ3n) is 3.07. The summed E-state index contributed by atoms with van der Waals surface area (Å²) >= 11 is 0. The maximum Gasteiger partial charge on any atom is 0.0585 e. The largest absolute Gasteiger partial charge is 0.385 e. The number of nitrogens with zero attached hydrogens (tertiary/aromatic N) is 1. The number of piperazine rings is 1. The molecule has 2 N–H and O–H groups in total. The van der Waals surface area contributed by atoms with E-state index in [-0.39, 0.29) is 0 Å². The van der Waals surface area contributed by atoms with Crippen LogP contribution >= 0.6 is 0 Å². The van der Waals surface area contributed by atoms with Crippen LogP contribution in [0.15, 0.2) is 11.4 Å². The van der Waals surface area contributed by atoms with Gasteiger partial charge in [-0.05, 0) is 13.3 Å². The van der Waals surface area contributed by atoms with Crippen LogP contribution in [0.1, 0.15) is 20.3 Å². The van der Waals surface area contributed by atoms with Crippen LogP contribution in [0.4, 0.5) is 0 Å². The molecule has 1 saturated heterocycles. The van der Waals surface area contributed by atoms with E-state index < -0.39 is 0 Å². The van der Waals surface area contributed by atoms with Gasteiger partial charge in [-0.25, -0.2) is 0 Å². The second-order valence-corrected chi connectivity index (χ2v) is 3.86. The molecular formula is C10H19N3. The molecule has 0 aromatic rings. The number of nitrogens with one attached hydrogen (secondary N) is 2. The highest BCUT2D eigenvalue weighted by atomic mass is 15.3. The van der Waals surface area contributed by atoms with Crippen molar-refractivity contribution in [2.75, 3.05) is 26.2 Å². The molecule has 0 aliphatic carbocycles. The predicted molar refractivity (Wildman–Crippen MR) is 54.4 cm³/mol. The highest BCUT2D eigenvalue weighted by Crippen LogP contribution is 2.21. The van der Waals surface area contributed by atoms with Gasteiger partial charge in [-0.3, -0.25) is 0 Å². The van der Waals surface area contributed by atoms with Crippen LogP contribution in [0.3, 0.4) is 0 Å². The molecule has 0 bridgehead atoms. The number of rotatable bonds is 1. The van der Waals surface area contributed by atoms with Crippen molar-refractivity contribution >= 4 is 0 Å². The molecule has 1 atom stereocenters. The minimum atomic E-state index is 0.674. The lowest BCUT2D eigenvalue weighted by Crippen LogP contribution is -2.57. The van der Waals surface area contributed by atoms with Crippen LogP contribution in [-0.2, 0) is 0 Å². The van der Waals surface area contributed by atoms with E-state index in [1.807, 2.05) is 0 Å². The molecule has 3 nitrogen and oxygen atoms in total. The normalized spacial score (nSPS) is 28.5. The summed E-state index contributed by atoms with van der Waals surface area (Å²) in [6.45, 7) is 8.97. The third kappa shape index (κ3) is 1.53. The molecule has 1 fully saturated rings. The molecule has 3 heteroatoms. The summed E-state index contributed by atoms with van der Waals surface area (Å²) in [6.07, 6.45) is 1.15. The van der Waals surface area contributed by atoms with E-state index >= 15 is 0 Å². The maximum atomic E-state index is 3.48. The summed E-state index contributed by atoms with van der Waals surface area (Å²) in [5, 5.41) is 6.92. The molecule has 2 aliphatic heterocycles. The molecular weight excluding hydrogens is 162 g/mol. The van der Waals surface area contributed by atoms with Crippen LogP contribution in [0.25, 0.3) is 0 Å². The first-order valence-electron chi connectivity index (χ1n) is 5.24. The Labute approximate surface area is 80.2 Å². The van der Waals surface area contributed by atoms with Crippen LogP contribution < -0.4 is 10.6 Å². The first-order chi connectivity index (χ1) is 6.33. The maximum absolute atomic E-state index is 3.48. The van der Waals surface area contributed by atoms with Gasteiger partial charge in [0.1, 0.15) is 0 Å². The van der Waals surface area contributed by atoms with Crippen LogP contribution in [-0.4, -0.2) is 37.1 Å². The minimum absolute atomic E-state index is 0.674. The van der Waals surface area contributed by atoms with E-state index in [1.54, 1.807) is 0 Å². The lowest BCUT2D eigenvalue weighted by molar-refractivity contribution is 0.183. The average Bonchev–Trinajstić information content (AvgIpc) is 2.18. The number of allylic oxidation sites excluding steroid dienone is 2. The topological polar surface area (TPSA) is 27.3 Å². The molecule has 0 aromatic carbocycles. The van der Waals surface area contributed by atoms with Gasteiger partial charge < -0.3 is 15.5 Å². The van der Waals surface area contributed by atoms with Crippen molar-refractivity contribution in [1.29, 1.82) is 0 Å². The summed E-state index contributed by atoms with van der Waals surface area (Å²) < 4.78 is 0. The predicted octanol–water partition coefficient (Wildman–Crippen LogP) is 0.505. The Morgan fingerprint density at radius 2 is 2.31 bits per heavy atom. The fourth-order valence-electron chi connectivity index (χ4n) is 2.36. The van der Waals surface area contributed by atoms with Crippen molar-refractivity contribution in [3.8, 4) is 0 Å². The van der Waals surface area contributed by atoms with Gasteiger partial charge in [0.05, 0.1) is 6.04 Å². The van der Waals surface area contributed by atoms with Crippen molar-refractivity contribution < 1.29 is 0 Å². The first-order valence-corrected chi connectivity index (χ1v) is 5.24. The van der Waals surface area contributed by atoms with E-state index in [2.05, 4.69) is 29.4 Å². The highest BCUT2D eigenvalue weighted by molar-refractivity contribution is 5.15. The standard InChI is InChI=1S/C10H19N3/c1-3-10-8(2)12-7-9-6-11-4-5-13(9)10/h9,11-12H,3-7H2,1-2H3. The van der Waals surface area contributed by atoms with Gasteiger partial charge in [-0.15, -0.1) is 0 Å². The summed E-state index contributed by atoms with van der Waals surface area (Å²) in [5.41, 5.74) is 2.89. The van der Waals surface area contributed by atoms with Gasteiger partial charge in [0.2, 0.25) is 0 Å². The van der Waals surface area contributed by atoms with Crippen LogP contribution in [0.2, 0.25) is 0 Å². The fraction of sp³-hybridized carbons (Fsp3) is 0.800. The molecule has 2 heterocycles. The van der Waals surface area contributed by atoms with Crippen molar-refractivity contribution in [1.82, 2.24) is 15.5 Å². The number of hydrogen-bond acceptors (Lipinski definition) is 3. The SMILES string of the molecule is CCC1=C(C)NCC2CNCCN12. The molecule has 1 unspecified atom stereocenters. The molecule has 2 aliphatic rings. The lowest BCUT2D eigenvalue weighted by Gasteiger charge is -2.43. The summed E-state index contributed by atoms with van der Waals surface area (Å²) in [5.74, 6) is 0. The highest BCUT2D eigenvalue weighted by Gasteiger charge is 2.27. The van der Waals surface area contributed by atoms with Crippen LogP contribution in [0.5, 0.6) is 0 Å². The Balaban J connectivity index is 2.19. The fourth-order valence-corrected chi connectivity index (χ4v) is 2.36. The summed E-state index contributed by atoms with van der Waals surface area (Å²) in [6, 6.07) is 0.674. The van der Waals surface area contributed by atoms with E-state index in [0.29, 0.717) is 6.04 Å². The van der Waals surface area contributed by atoms with E-state index in [4.69, 9.17) is 0 Å². The molecule has 0 radical (unpaired) electrons. The van der Waals surface area contributed by atoms with Crippen molar-refractivity contribution in [2.45, 2.75) is 26.3 Å². The Morgan fingerprint density at radius 1 is 1.46 bits per heavy atom. The quantitative estimate of drug-likeness (QED) is 0.617. The average molecular weight is 181 g/mol. The summed E-state index contributed by atoms with van der Waals surface area (Å²) in [4.78, 5) is 2.57. The Kier molecular flexibility index (Phi) is 2.44. The zero-order valence-electron chi connectivity index (χ0n) is 8.56. The second kappa shape index (κ2) is 3.58. The lowest BCUT2D eigenvalue weighted by atomic mass is 10.1. The van der Waals surface area contributed by atoms with Gasteiger partial charge in [0.15, 0.2) is 0 Å². The molecule has 0 spiro atoms. The Bertz CT molecular complexity index is 222. The van der Waals surface area contributed by atoms with E-state index in [9.17, 15) is 0 Å². The van der Waals surface area contributed by atoms with E-state index in [0.717, 1.165) is 26.1 Å². The Hall–Kier alpha value is -0.700. The van der Waals surface area contributed by atoms with Gasteiger partial charge in [-0.2, -0.15) is 0 Å². The van der Waals surface area contributed by atoms with Gasteiger partial charge >= 0.3 is 0 Å². The Morgan fingerprint density at radius 3 is 3.08 bits per heavy atom. The van der Waals surface area contributed by atoms with Gasteiger partial charge in [0, 0.05) is 37.6 Å². The monoisotopic (exact) mass is 181 g/mol. The smallest absolute Gasteiger partial charge is 0.0585 e. The van der Waals surface area contributed by atoms with Crippen molar-refractivity contribution in [2.24, 2.45) is 0 Å². The van der Waals surface area contributed by atoms with Gasteiger partial charge in [-0.1, -0.05) is 6.92 Å². The summed E-state index contributed by atoms with van der Waals surface area (Å²) in [7, 11) is 0. The van der Waals surface area contributed by atoms with Crippen molar-refractivity contribution in [3.05, 3.63) is 11.4 Å². The number of fused-ring (bicyclic) bond motifs is 1. The molecule has 0 saturated carbocycles. The molecule has 13 heavy (non-hydrogen) atoms. The van der Waals surface area contributed by atoms with Gasteiger partial charge in [0.25, 0.3) is 0 Å². The molecule has 0 aromatic heterocycles. The first kappa shape index (κ1) is 8.88.